The summed E-state index contributed by atoms with van der Waals surface area (Å²) in [4.78, 5) is 6.74. The van der Waals surface area contributed by atoms with E-state index in [2.05, 4.69) is 42.2 Å². The first kappa shape index (κ1) is 14.6. The standard InChI is InChI=1S/C15H24ClN3/c1-4-7-17-9-13-8-15(18-10-14(13)16)19(3)11(2)12-5-6-12/h8,10-12,17H,4-7,9H2,1-3H3. The molecule has 1 atom stereocenters. The molecule has 1 unspecified atom stereocenters. The van der Waals surface area contributed by atoms with E-state index >= 15 is 0 Å². The monoisotopic (exact) mass is 281 g/mol. The molecule has 0 saturated heterocycles. The van der Waals surface area contributed by atoms with Gasteiger partial charge in [-0.15, -0.1) is 0 Å². The van der Waals surface area contributed by atoms with Gasteiger partial charge in [-0.05, 0) is 50.3 Å². The lowest BCUT2D eigenvalue weighted by atomic mass is 10.2. The lowest BCUT2D eigenvalue weighted by Crippen LogP contribution is -2.31. The van der Waals surface area contributed by atoms with Crippen molar-refractivity contribution in [2.75, 3.05) is 18.5 Å². The average Bonchev–Trinajstić information content (AvgIpc) is 3.24. The number of hydrogen-bond acceptors (Lipinski definition) is 3. The first-order valence-corrected chi connectivity index (χ1v) is 7.59. The van der Waals surface area contributed by atoms with E-state index in [9.17, 15) is 0 Å². The Morgan fingerprint density at radius 3 is 2.89 bits per heavy atom. The molecule has 106 valence electrons. The number of halogens is 1. The smallest absolute Gasteiger partial charge is 0.128 e. The Balaban J connectivity index is 2.05. The number of aromatic nitrogens is 1. The van der Waals surface area contributed by atoms with Crippen molar-refractivity contribution in [3.63, 3.8) is 0 Å². The third-order valence-electron chi connectivity index (χ3n) is 3.94. The SMILES string of the molecule is CCCNCc1cc(N(C)C(C)C2CC2)ncc1Cl. The molecule has 3 nitrogen and oxygen atoms in total. The third kappa shape index (κ3) is 3.83. The summed E-state index contributed by atoms with van der Waals surface area (Å²) in [5, 5.41) is 4.14. The van der Waals surface area contributed by atoms with Gasteiger partial charge in [0, 0.05) is 25.8 Å². The fraction of sp³-hybridized carbons (Fsp3) is 0.667. The van der Waals surface area contributed by atoms with Crippen molar-refractivity contribution in [1.29, 1.82) is 0 Å². The molecule has 0 aromatic carbocycles. The minimum absolute atomic E-state index is 0.560. The first-order chi connectivity index (χ1) is 9.13. The van der Waals surface area contributed by atoms with Crippen LogP contribution in [0.25, 0.3) is 0 Å². The molecule has 1 aliphatic rings. The molecule has 1 aromatic heterocycles. The average molecular weight is 282 g/mol. The summed E-state index contributed by atoms with van der Waals surface area (Å²) in [6.07, 6.45) is 5.61. The summed E-state index contributed by atoms with van der Waals surface area (Å²) < 4.78 is 0. The molecular formula is C15H24ClN3. The Labute approximate surface area is 121 Å². The molecule has 1 saturated carbocycles. The van der Waals surface area contributed by atoms with Crippen LogP contribution in [0.15, 0.2) is 12.3 Å². The zero-order valence-corrected chi connectivity index (χ0v) is 12.9. The molecule has 0 spiro atoms. The van der Waals surface area contributed by atoms with Crippen LogP contribution in [-0.4, -0.2) is 24.6 Å². The zero-order valence-electron chi connectivity index (χ0n) is 12.1. The molecule has 1 N–H and O–H groups in total. The van der Waals surface area contributed by atoms with Crippen LogP contribution in [0.4, 0.5) is 5.82 Å². The normalized spacial score (nSPS) is 16.4. The van der Waals surface area contributed by atoms with Crippen molar-refractivity contribution in [3.05, 3.63) is 22.8 Å². The highest BCUT2D eigenvalue weighted by Crippen LogP contribution is 2.36. The highest BCUT2D eigenvalue weighted by Gasteiger charge is 2.31. The van der Waals surface area contributed by atoms with Gasteiger partial charge in [-0.2, -0.15) is 0 Å². The van der Waals surface area contributed by atoms with Crippen molar-refractivity contribution in [2.45, 2.75) is 45.7 Å². The van der Waals surface area contributed by atoms with Gasteiger partial charge in [-0.3, -0.25) is 0 Å². The van der Waals surface area contributed by atoms with E-state index in [1.807, 2.05) is 0 Å². The van der Waals surface area contributed by atoms with Gasteiger partial charge in [-0.1, -0.05) is 18.5 Å². The highest BCUT2D eigenvalue weighted by atomic mass is 35.5. The van der Waals surface area contributed by atoms with Gasteiger partial charge < -0.3 is 10.2 Å². The molecule has 0 radical (unpaired) electrons. The predicted molar refractivity (Wildman–Crippen MR) is 81.8 cm³/mol. The molecule has 1 fully saturated rings. The summed E-state index contributed by atoms with van der Waals surface area (Å²) >= 11 is 6.21. The molecular weight excluding hydrogens is 258 g/mol. The third-order valence-corrected chi connectivity index (χ3v) is 4.28. The van der Waals surface area contributed by atoms with Crippen LogP contribution in [0.3, 0.4) is 0 Å². The lowest BCUT2D eigenvalue weighted by Gasteiger charge is -2.26. The molecule has 1 aliphatic carbocycles. The van der Waals surface area contributed by atoms with E-state index in [1.165, 1.54) is 12.8 Å². The Morgan fingerprint density at radius 2 is 2.26 bits per heavy atom. The number of pyridine rings is 1. The van der Waals surface area contributed by atoms with E-state index < -0.39 is 0 Å². The topological polar surface area (TPSA) is 28.2 Å². The van der Waals surface area contributed by atoms with E-state index in [-0.39, 0.29) is 0 Å². The number of nitrogens with one attached hydrogen (secondary N) is 1. The van der Waals surface area contributed by atoms with Gasteiger partial charge in [-0.25, -0.2) is 4.98 Å². The molecule has 0 aliphatic heterocycles. The van der Waals surface area contributed by atoms with Crippen molar-refractivity contribution >= 4 is 17.4 Å². The molecule has 0 bridgehead atoms. The Kier molecular flexibility index (Phi) is 5.06. The van der Waals surface area contributed by atoms with E-state index in [0.29, 0.717) is 6.04 Å². The van der Waals surface area contributed by atoms with Crippen LogP contribution < -0.4 is 10.2 Å². The van der Waals surface area contributed by atoms with Crippen molar-refractivity contribution in [1.82, 2.24) is 10.3 Å². The van der Waals surface area contributed by atoms with Crippen LogP contribution >= 0.6 is 11.6 Å². The van der Waals surface area contributed by atoms with Crippen LogP contribution in [0.2, 0.25) is 5.02 Å². The van der Waals surface area contributed by atoms with E-state index in [4.69, 9.17) is 11.6 Å². The second-order valence-corrected chi connectivity index (χ2v) is 5.91. The zero-order chi connectivity index (χ0) is 13.8. The largest absolute Gasteiger partial charge is 0.357 e. The number of rotatable bonds is 7. The second kappa shape index (κ2) is 6.58. The maximum atomic E-state index is 6.21. The lowest BCUT2D eigenvalue weighted by molar-refractivity contribution is 0.603. The molecule has 19 heavy (non-hydrogen) atoms. The summed E-state index contributed by atoms with van der Waals surface area (Å²) in [6, 6.07) is 2.68. The van der Waals surface area contributed by atoms with Crippen molar-refractivity contribution < 1.29 is 0 Å². The van der Waals surface area contributed by atoms with E-state index in [0.717, 1.165) is 41.8 Å². The van der Waals surface area contributed by atoms with E-state index in [1.54, 1.807) is 6.20 Å². The Hall–Kier alpha value is -0.800. The van der Waals surface area contributed by atoms with Crippen LogP contribution in [0.5, 0.6) is 0 Å². The maximum absolute atomic E-state index is 6.21. The van der Waals surface area contributed by atoms with Gasteiger partial charge in [0.1, 0.15) is 5.82 Å². The number of nitrogens with zero attached hydrogens (tertiary/aromatic N) is 2. The molecule has 1 aromatic rings. The predicted octanol–water partition coefficient (Wildman–Crippen LogP) is 3.47. The molecule has 2 rings (SSSR count). The maximum Gasteiger partial charge on any atom is 0.128 e. The minimum atomic E-state index is 0.560. The fourth-order valence-corrected chi connectivity index (χ4v) is 2.47. The highest BCUT2D eigenvalue weighted by molar-refractivity contribution is 6.31. The molecule has 4 heteroatoms. The molecule has 1 heterocycles. The quantitative estimate of drug-likeness (QED) is 0.776. The van der Waals surface area contributed by atoms with Crippen LogP contribution in [0, 0.1) is 5.92 Å². The Bertz CT molecular complexity index is 418. The Morgan fingerprint density at radius 1 is 1.53 bits per heavy atom. The fourth-order valence-electron chi connectivity index (χ4n) is 2.30. The van der Waals surface area contributed by atoms with Gasteiger partial charge >= 0.3 is 0 Å². The van der Waals surface area contributed by atoms with Gasteiger partial charge in [0.25, 0.3) is 0 Å². The van der Waals surface area contributed by atoms with Crippen molar-refractivity contribution in [3.8, 4) is 0 Å². The van der Waals surface area contributed by atoms with Gasteiger partial charge in [0.2, 0.25) is 0 Å². The summed E-state index contributed by atoms with van der Waals surface area (Å²) in [5.41, 5.74) is 1.13. The minimum Gasteiger partial charge on any atom is -0.357 e. The van der Waals surface area contributed by atoms with Crippen LogP contribution in [0.1, 0.15) is 38.7 Å². The number of hydrogen-bond donors (Lipinski definition) is 1. The first-order valence-electron chi connectivity index (χ1n) is 7.21. The summed E-state index contributed by atoms with van der Waals surface area (Å²) in [5.74, 6) is 1.86. The van der Waals surface area contributed by atoms with Crippen LogP contribution in [-0.2, 0) is 6.54 Å². The summed E-state index contributed by atoms with van der Waals surface area (Å²) in [6.45, 7) is 6.27. The van der Waals surface area contributed by atoms with Gasteiger partial charge in [0.15, 0.2) is 0 Å². The molecule has 0 amide bonds. The number of anilines is 1. The summed E-state index contributed by atoms with van der Waals surface area (Å²) in [7, 11) is 2.13. The van der Waals surface area contributed by atoms with Crippen molar-refractivity contribution in [2.24, 2.45) is 5.92 Å². The van der Waals surface area contributed by atoms with Gasteiger partial charge in [0.05, 0.1) is 5.02 Å². The second-order valence-electron chi connectivity index (χ2n) is 5.50.